The Bertz CT molecular complexity index is 874. The lowest BCUT2D eigenvalue weighted by molar-refractivity contribution is 0.103. The lowest BCUT2D eigenvalue weighted by Gasteiger charge is -2.17. The first-order valence-corrected chi connectivity index (χ1v) is 6.13. The van der Waals surface area contributed by atoms with Crippen molar-refractivity contribution in [2.45, 2.75) is 0 Å². The minimum absolute atomic E-state index is 0.161. The van der Waals surface area contributed by atoms with Crippen molar-refractivity contribution in [1.29, 1.82) is 0 Å². The number of ether oxygens (including phenoxy) is 1. The van der Waals surface area contributed by atoms with Crippen LogP contribution in [-0.2, 0) is 0 Å². The van der Waals surface area contributed by atoms with Gasteiger partial charge < -0.3 is 4.74 Å². The van der Waals surface area contributed by atoms with E-state index in [1.807, 2.05) is 12.1 Å². The van der Waals surface area contributed by atoms with Crippen LogP contribution in [0.3, 0.4) is 0 Å². The van der Waals surface area contributed by atoms with Crippen molar-refractivity contribution >= 4 is 16.6 Å². The van der Waals surface area contributed by atoms with E-state index in [1.54, 1.807) is 31.6 Å². The number of fused-ring (bicyclic) bond motifs is 2. The Morgan fingerprint density at radius 2 is 1.90 bits per heavy atom. The molecular formula is C15H9N3O2. The number of methoxy groups -OCH3 is 1. The lowest BCUT2D eigenvalue weighted by Crippen LogP contribution is -2.14. The number of hydrogen-bond donors (Lipinski definition) is 0. The maximum Gasteiger partial charge on any atom is 0.231 e. The van der Waals surface area contributed by atoms with Gasteiger partial charge in [0.25, 0.3) is 0 Å². The molecule has 5 nitrogen and oxygen atoms in total. The molecule has 0 spiro atoms. The van der Waals surface area contributed by atoms with E-state index in [0.717, 1.165) is 16.3 Å². The maximum atomic E-state index is 12.5. The third kappa shape index (κ3) is 1.31. The van der Waals surface area contributed by atoms with Gasteiger partial charge in [0.1, 0.15) is 11.4 Å². The summed E-state index contributed by atoms with van der Waals surface area (Å²) in [5.74, 6) is 0.347. The molecule has 5 heteroatoms. The van der Waals surface area contributed by atoms with Crippen molar-refractivity contribution in [3.05, 3.63) is 48.0 Å². The number of rotatable bonds is 1. The highest BCUT2D eigenvalue weighted by Crippen LogP contribution is 2.37. The average molecular weight is 263 g/mol. The van der Waals surface area contributed by atoms with Gasteiger partial charge in [0.15, 0.2) is 0 Å². The second-order valence-corrected chi connectivity index (χ2v) is 4.50. The van der Waals surface area contributed by atoms with Crippen molar-refractivity contribution in [1.82, 2.24) is 15.0 Å². The zero-order valence-corrected chi connectivity index (χ0v) is 10.6. The quantitative estimate of drug-likeness (QED) is 0.527. The van der Waals surface area contributed by atoms with Gasteiger partial charge in [0.2, 0.25) is 11.7 Å². The molecule has 3 aromatic rings. The molecule has 0 N–H and O–H groups in total. The summed E-state index contributed by atoms with van der Waals surface area (Å²) >= 11 is 0. The third-order valence-electron chi connectivity index (χ3n) is 3.42. The van der Waals surface area contributed by atoms with Crippen LogP contribution in [0, 0.1) is 0 Å². The molecule has 4 rings (SSSR count). The van der Waals surface area contributed by atoms with E-state index in [9.17, 15) is 4.79 Å². The molecule has 1 aliphatic carbocycles. The summed E-state index contributed by atoms with van der Waals surface area (Å²) in [5, 5.41) is 1.65. The highest BCUT2D eigenvalue weighted by atomic mass is 16.5. The van der Waals surface area contributed by atoms with E-state index in [4.69, 9.17) is 4.74 Å². The summed E-state index contributed by atoms with van der Waals surface area (Å²) in [4.78, 5) is 25.3. The first-order chi connectivity index (χ1) is 9.79. The molecule has 0 saturated carbocycles. The van der Waals surface area contributed by atoms with E-state index in [-0.39, 0.29) is 5.78 Å². The zero-order chi connectivity index (χ0) is 13.7. The number of aromatic nitrogens is 3. The minimum Gasteiger partial charge on any atom is -0.481 e. The van der Waals surface area contributed by atoms with E-state index in [2.05, 4.69) is 15.0 Å². The lowest BCUT2D eigenvalue weighted by atomic mass is 9.92. The maximum absolute atomic E-state index is 12.5. The van der Waals surface area contributed by atoms with Gasteiger partial charge in [-0.05, 0) is 23.6 Å². The molecule has 0 fully saturated rings. The first kappa shape index (κ1) is 11.0. The molecule has 0 amide bonds. The van der Waals surface area contributed by atoms with Gasteiger partial charge >= 0.3 is 0 Å². The van der Waals surface area contributed by atoms with Crippen LogP contribution >= 0.6 is 0 Å². The third-order valence-corrected chi connectivity index (χ3v) is 3.42. The SMILES string of the molecule is COc1cc2ccnc3c2c(n1)-c1cccnc1C3=O. The smallest absolute Gasteiger partial charge is 0.231 e. The van der Waals surface area contributed by atoms with Crippen molar-refractivity contribution in [2.75, 3.05) is 7.11 Å². The van der Waals surface area contributed by atoms with Crippen LogP contribution in [-0.4, -0.2) is 27.8 Å². The number of carbonyl (C=O) groups excluding carboxylic acids is 1. The fourth-order valence-corrected chi connectivity index (χ4v) is 2.54. The number of pyridine rings is 3. The molecule has 3 aromatic heterocycles. The van der Waals surface area contributed by atoms with E-state index >= 15 is 0 Å². The van der Waals surface area contributed by atoms with Gasteiger partial charge in [0.05, 0.1) is 12.8 Å². The number of nitrogens with zero attached hydrogens (tertiary/aromatic N) is 3. The molecule has 20 heavy (non-hydrogen) atoms. The summed E-state index contributed by atoms with van der Waals surface area (Å²) in [6, 6.07) is 7.29. The normalized spacial score (nSPS) is 12.3. The summed E-state index contributed by atoms with van der Waals surface area (Å²) in [6.45, 7) is 0. The fourth-order valence-electron chi connectivity index (χ4n) is 2.54. The highest BCUT2D eigenvalue weighted by molar-refractivity contribution is 6.23. The Balaban J connectivity index is 2.23. The summed E-state index contributed by atoms with van der Waals surface area (Å²) in [5.41, 5.74) is 2.21. The summed E-state index contributed by atoms with van der Waals surface area (Å²) < 4.78 is 5.23. The van der Waals surface area contributed by atoms with Crippen LogP contribution < -0.4 is 4.74 Å². The predicted octanol–water partition coefficient (Wildman–Crippen LogP) is 2.24. The highest BCUT2D eigenvalue weighted by Gasteiger charge is 2.28. The van der Waals surface area contributed by atoms with E-state index < -0.39 is 0 Å². The van der Waals surface area contributed by atoms with Gasteiger partial charge in [0, 0.05) is 29.4 Å². The van der Waals surface area contributed by atoms with Crippen LogP contribution in [0.15, 0.2) is 36.7 Å². The minimum atomic E-state index is -0.161. The van der Waals surface area contributed by atoms with Crippen LogP contribution in [0.4, 0.5) is 0 Å². The van der Waals surface area contributed by atoms with Gasteiger partial charge in [-0.1, -0.05) is 0 Å². The number of carbonyl (C=O) groups is 1. The topological polar surface area (TPSA) is 65.0 Å². The van der Waals surface area contributed by atoms with Crippen LogP contribution in [0.5, 0.6) is 5.88 Å². The summed E-state index contributed by atoms with van der Waals surface area (Å²) in [6.07, 6.45) is 3.22. The van der Waals surface area contributed by atoms with Crippen molar-refractivity contribution in [3.8, 4) is 17.1 Å². The fraction of sp³-hybridized carbons (Fsp3) is 0.0667. The van der Waals surface area contributed by atoms with Crippen molar-refractivity contribution in [3.63, 3.8) is 0 Å². The first-order valence-electron chi connectivity index (χ1n) is 6.13. The molecule has 0 aromatic carbocycles. The Kier molecular flexibility index (Phi) is 2.12. The van der Waals surface area contributed by atoms with Gasteiger partial charge in [-0.15, -0.1) is 0 Å². The zero-order valence-electron chi connectivity index (χ0n) is 10.6. The Hall–Kier alpha value is -2.82. The second-order valence-electron chi connectivity index (χ2n) is 4.50. The Labute approximate surface area is 114 Å². The number of hydrogen-bond acceptors (Lipinski definition) is 5. The molecule has 0 aliphatic heterocycles. The molecule has 3 heterocycles. The van der Waals surface area contributed by atoms with Crippen LogP contribution in [0.1, 0.15) is 16.2 Å². The second kappa shape index (κ2) is 3.84. The van der Waals surface area contributed by atoms with Gasteiger partial charge in [-0.3, -0.25) is 14.8 Å². The van der Waals surface area contributed by atoms with E-state index in [0.29, 0.717) is 23.0 Å². The molecule has 0 saturated heterocycles. The van der Waals surface area contributed by atoms with Gasteiger partial charge in [-0.25, -0.2) is 4.98 Å². The molecule has 96 valence electrons. The van der Waals surface area contributed by atoms with Crippen LogP contribution in [0.25, 0.3) is 22.0 Å². The monoisotopic (exact) mass is 263 g/mol. The predicted molar refractivity (Wildman–Crippen MR) is 72.8 cm³/mol. The molecule has 0 radical (unpaired) electrons. The average Bonchev–Trinajstić information content (AvgIpc) is 2.51. The largest absolute Gasteiger partial charge is 0.481 e. The Morgan fingerprint density at radius 3 is 2.75 bits per heavy atom. The standard InChI is InChI=1S/C15H9N3O2/c1-20-10-7-8-4-6-17-14-11(8)12(18-10)9-3-2-5-16-13(9)15(14)19/h2-7H,1H3. The van der Waals surface area contributed by atoms with E-state index in [1.165, 1.54) is 0 Å². The van der Waals surface area contributed by atoms with Crippen molar-refractivity contribution < 1.29 is 9.53 Å². The molecule has 0 atom stereocenters. The molecular weight excluding hydrogens is 254 g/mol. The van der Waals surface area contributed by atoms with Gasteiger partial charge in [-0.2, -0.15) is 0 Å². The Morgan fingerprint density at radius 1 is 1.05 bits per heavy atom. The van der Waals surface area contributed by atoms with Crippen molar-refractivity contribution in [2.24, 2.45) is 0 Å². The summed E-state index contributed by atoms with van der Waals surface area (Å²) in [7, 11) is 1.57. The molecule has 1 aliphatic rings. The molecule has 0 bridgehead atoms. The molecule has 0 unspecified atom stereocenters. The number of ketones is 1. The van der Waals surface area contributed by atoms with Crippen LogP contribution in [0.2, 0.25) is 0 Å².